The van der Waals surface area contributed by atoms with E-state index in [0.29, 0.717) is 13.2 Å². The molecular formula is C9H17N3O3Si. The summed E-state index contributed by atoms with van der Waals surface area (Å²) in [5.41, 5.74) is 0.0187. The fourth-order valence-electron chi connectivity index (χ4n) is 1.11. The zero-order valence-corrected chi connectivity index (χ0v) is 10.8. The lowest BCUT2D eigenvalue weighted by atomic mass is 10.6. The number of hydrogen-bond donors (Lipinski definition) is 0. The molecule has 0 radical (unpaired) electrons. The second-order valence-electron chi connectivity index (χ2n) is 4.83. The zero-order chi connectivity index (χ0) is 12.2. The molecule has 0 spiro atoms. The largest absolute Gasteiger partial charge is 0.383 e. The molecule has 1 aromatic rings. The van der Waals surface area contributed by atoms with Crippen LogP contribution in [0.2, 0.25) is 19.6 Å². The average molecular weight is 243 g/mol. The van der Waals surface area contributed by atoms with E-state index in [0.717, 1.165) is 6.23 Å². The number of hydrogen-bond acceptors (Lipinski definition) is 4. The topological polar surface area (TPSA) is 70.2 Å². The number of rotatable bonds is 6. The van der Waals surface area contributed by atoms with E-state index in [-0.39, 0.29) is 5.69 Å². The predicted octanol–water partition coefficient (Wildman–Crippen LogP) is 1.69. The maximum absolute atomic E-state index is 10.4. The van der Waals surface area contributed by atoms with Crippen LogP contribution in [0.3, 0.4) is 0 Å². The third-order valence-corrected chi connectivity index (χ3v) is 2.90. The first kappa shape index (κ1) is 12.9. The Labute approximate surface area is 95.4 Å². The molecule has 7 heteroatoms. The van der Waals surface area contributed by atoms with Gasteiger partial charge in [0.15, 0.2) is 0 Å². The van der Waals surface area contributed by atoms with Crippen LogP contribution in [-0.4, -0.2) is 35.6 Å². The van der Waals surface area contributed by atoms with Gasteiger partial charge >= 0.3 is 5.69 Å². The predicted molar refractivity (Wildman–Crippen MR) is 63.0 cm³/mol. The highest BCUT2D eigenvalue weighted by Crippen LogP contribution is 2.07. The van der Waals surface area contributed by atoms with Crippen molar-refractivity contribution in [3.8, 4) is 0 Å². The Hall–Kier alpha value is -1.21. The molecule has 0 bridgehead atoms. The van der Waals surface area contributed by atoms with E-state index in [2.05, 4.69) is 24.7 Å². The Kier molecular flexibility index (Phi) is 4.19. The summed E-state index contributed by atoms with van der Waals surface area (Å²) in [4.78, 5) is 9.95. The normalized spacial score (nSPS) is 11.7. The highest BCUT2D eigenvalue weighted by molar-refractivity contribution is 6.76. The number of nitro groups is 1. The first-order valence-electron chi connectivity index (χ1n) is 5.13. The van der Waals surface area contributed by atoms with Gasteiger partial charge in [0.25, 0.3) is 0 Å². The highest BCUT2D eigenvalue weighted by Gasteiger charge is 2.13. The first-order chi connectivity index (χ1) is 7.38. The van der Waals surface area contributed by atoms with Crippen molar-refractivity contribution < 1.29 is 9.66 Å². The van der Waals surface area contributed by atoms with Crippen molar-refractivity contribution in [3.05, 3.63) is 22.5 Å². The van der Waals surface area contributed by atoms with Gasteiger partial charge in [-0.25, -0.2) is 0 Å². The minimum Gasteiger partial charge on any atom is -0.383 e. The lowest BCUT2D eigenvalue weighted by molar-refractivity contribution is -0.385. The van der Waals surface area contributed by atoms with Gasteiger partial charge in [0.2, 0.25) is 0 Å². The molecule has 0 saturated carbocycles. The van der Waals surface area contributed by atoms with Crippen molar-refractivity contribution in [3.63, 3.8) is 0 Å². The van der Waals surface area contributed by atoms with Crippen molar-refractivity contribution in [2.45, 2.75) is 26.2 Å². The Morgan fingerprint density at radius 2 is 2.25 bits per heavy atom. The summed E-state index contributed by atoms with van der Waals surface area (Å²) in [5.74, 6) is 0. The Morgan fingerprint density at radius 3 is 2.75 bits per heavy atom. The van der Waals surface area contributed by atoms with Crippen LogP contribution in [0.15, 0.2) is 12.4 Å². The van der Waals surface area contributed by atoms with E-state index < -0.39 is 13.0 Å². The third kappa shape index (κ3) is 4.54. The fraction of sp³-hybridized carbons (Fsp3) is 0.667. The van der Waals surface area contributed by atoms with E-state index >= 15 is 0 Å². The maximum atomic E-state index is 10.4. The molecule has 0 aromatic carbocycles. The number of nitrogens with zero attached hydrogens (tertiary/aromatic N) is 3. The molecule has 0 amide bonds. The van der Waals surface area contributed by atoms with Gasteiger partial charge < -0.3 is 4.74 Å². The van der Waals surface area contributed by atoms with Crippen molar-refractivity contribution in [1.29, 1.82) is 0 Å². The van der Waals surface area contributed by atoms with Gasteiger partial charge in [-0.3, -0.25) is 14.8 Å². The highest BCUT2D eigenvalue weighted by atomic mass is 28.3. The second-order valence-corrected chi connectivity index (χ2v) is 10.2. The maximum Gasteiger partial charge on any atom is 0.306 e. The summed E-state index contributed by atoms with van der Waals surface area (Å²) >= 11 is 0. The van der Waals surface area contributed by atoms with E-state index in [1.165, 1.54) is 17.1 Å². The van der Waals surface area contributed by atoms with Crippen LogP contribution in [0.1, 0.15) is 0 Å². The molecule has 0 N–H and O–H groups in total. The molecule has 0 fully saturated rings. The summed E-state index contributed by atoms with van der Waals surface area (Å²) < 4.78 is 7.03. The summed E-state index contributed by atoms with van der Waals surface area (Å²) in [6, 6.07) is 0. The quantitative estimate of drug-likeness (QED) is 0.330. The third-order valence-electron chi connectivity index (χ3n) is 1.83. The smallest absolute Gasteiger partial charge is 0.306 e. The molecule has 0 atom stereocenters. The average Bonchev–Trinajstić information content (AvgIpc) is 2.59. The van der Waals surface area contributed by atoms with Gasteiger partial charge in [-0.05, 0) is 0 Å². The Morgan fingerprint density at radius 1 is 1.56 bits per heavy atom. The van der Waals surface area contributed by atoms with Gasteiger partial charge in [0.05, 0.1) is 26.1 Å². The molecule has 0 aliphatic carbocycles. The summed E-state index contributed by atoms with van der Waals surface area (Å²) in [7, 11) is -1.17. The van der Waals surface area contributed by atoms with Gasteiger partial charge in [-0.2, -0.15) is 5.10 Å². The van der Waals surface area contributed by atoms with E-state index in [9.17, 15) is 10.1 Å². The number of aromatic nitrogens is 2. The van der Waals surface area contributed by atoms with Crippen LogP contribution in [-0.2, 0) is 11.3 Å². The van der Waals surface area contributed by atoms with Gasteiger partial charge in [0, 0.05) is 6.23 Å². The van der Waals surface area contributed by atoms with Gasteiger partial charge in [0.1, 0.15) is 12.4 Å². The first-order valence-corrected chi connectivity index (χ1v) is 8.84. The lowest BCUT2D eigenvalue weighted by Gasteiger charge is -2.15. The second kappa shape index (κ2) is 5.22. The van der Waals surface area contributed by atoms with Crippen molar-refractivity contribution >= 4 is 13.8 Å². The zero-order valence-electron chi connectivity index (χ0n) is 9.84. The van der Waals surface area contributed by atoms with Gasteiger partial charge in [-0.1, -0.05) is 19.6 Å². The Balaban J connectivity index is 2.30. The molecule has 0 aliphatic rings. The van der Waals surface area contributed by atoms with E-state index in [1.54, 1.807) is 0 Å². The minimum atomic E-state index is -1.17. The fourth-order valence-corrected chi connectivity index (χ4v) is 1.86. The van der Waals surface area contributed by atoms with Crippen LogP contribution in [0.25, 0.3) is 0 Å². The molecule has 90 valence electrons. The van der Waals surface area contributed by atoms with Crippen molar-refractivity contribution in [2.24, 2.45) is 0 Å². The van der Waals surface area contributed by atoms with E-state index in [4.69, 9.17) is 4.74 Å². The molecule has 0 saturated heterocycles. The van der Waals surface area contributed by atoms with Crippen LogP contribution in [0.5, 0.6) is 0 Å². The summed E-state index contributed by atoms with van der Waals surface area (Å²) in [6.45, 7) is 7.78. The van der Waals surface area contributed by atoms with Crippen LogP contribution in [0, 0.1) is 10.1 Å². The van der Waals surface area contributed by atoms with Crippen LogP contribution >= 0.6 is 0 Å². The summed E-state index contributed by atoms with van der Waals surface area (Å²) in [5, 5.41) is 14.3. The molecule has 6 nitrogen and oxygen atoms in total. The lowest BCUT2D eigenvalue weighted by Crippen LogP contribution is -2.28. The molecule has 1 aromatic heterocycles. The van der Waals surface area contributed by atoms with Crippen LogP contribution < -0.4 is 0 Å². The SMILES string of the molecule is C[Si](C)(C)COCCn1cc([N+](=O)[O-])cn1. The van der Waals surface area contributed by atoms with Crippen molar-refractivity contribution in [2.75, 3.05) is 12.8 Å². The van der Waals surface area contributed by atoms with Gasteiger partial charge in [-0.15, -0.1) is 0 Å². The molecule has 1 rings (SSSR count). The van der Waals surface area contributed by atoms with E-state index in [1.807, 2.05) is 0 Å². The standard InChI is InChI=1S/C9H17N3O3Si/c1-16(2,3)8-15-5-4-11-7-9(6-10-11)12(13)14/h6-7H,4-5,8H2,1-3H3. The van der Waals surface area contributed by atoms with Crippen molar-refractivity contribution in [1.82, 2.24) is 9.78 Å². The molecule has 16 heavy (non-hydrogen) atoms. The monoisotopic (exact) mass is 243 g/mol. The molecule has 1 heterocycles. The summed E-state index contributed by atoms with van der Waals surface area (Å²) in [6.07, 6.45) is 3.47. The molecule has 0 unspecified atom stereocenters. The molecule has 0 aliphatic heterocycles. The molecular weight excluding hydrogens is 226 g/mol. The Bertz CT molecular complexity index is 359. The van der Waals surface area contributed by atoms with Crippen LogP contribution in [0.4, 0.5) is 5.69 Å². The number of ether oxygens (including phenoxy) is 1. The minimum absolute atomic E-state index is 0.0187.